The third kappa shape index (κ3) is 1.85. The predicted molar refractivity (Wildman–Crippen MR) is 36.6 cm³/mol. The lowest BCUT2D eigenvalue weighted by atomic mass is 10.3. The number of hydrogen-bond donors (Lipinski definition) is 4. The second-order valence-electron chi connectivity index (χ2n) is 1.93. The zero-order chi connectivity index (χ0) is 6.85. The lowest BCUT2D eigenvalue weighted by Gasteiger charge is -2.25. The molecule has 1 amide bonds. The van der Waals surface area contributed by atoms with Crippen LogP contribution in [0.15, 0.2) is 0 Å². The van der Waals surface area contributed by atoms with E-state index >= 15 is 0 Å². The van der Waals surface area contributed by atoms with Gasteiger partial charge in [-0.15, -0.1) is 0 Å². The Morgan fingerprint density at radius 2 is 2.44 bits per heavy atom. The summed E-state index contributed by atoms with van der Waals surface area (Å²) in [5.74, 6) is -0.0544. The van der Waals surface area contributed by atoms with Gasteiger partial charge in [-0.05, 0) is 0 Å². The Morgan fingerprint density at radius 3 is 2.89 bits per heavy atom. The molecule has 0 aromatic heterocycles. The molecule has 4 N–H and O–H groups in total. The molecule has 0 saturated carbocycles. The first-order chi connectivity index (χ1) is 4.18. The minimum absolute atomic E-state index is 0.0544. The molecule has 1 saturated heterocycles. The van der Waals surface area contributed by atoms with Crippen LogP contribution in [0.3, 0.4) is 0 Å². The fraction of sp³-hybridized carbons (Fsp3) is 0.750. The Balaban J connectivity index is 2.43. The van der Waals surface area contributed by atoms with Gasteiger partial charge in [-0.2, -0.15) is 12.6 Å². The molecule has 0 radical (unpaired) electrons. The van der Waals surface area contributed by atoms with Crippen LogP contribution in [0, 0.1) is 0 Å². The van der Waals surface area contributed by atoms with Gasteiger partial charge < -0.3 is 5.32 Å². The second kappa shape index (κ2) is 2.55. The van der Waals surface area contributed by atoms with Crippen molar-refractivity contribution in [1.29, 1.82) is 0 Å². The van der Waals surface area contributed by atoms with Crippen molar-refractivity contribution in [3.8, 4) is 0 Å². The number of thiol groups is 1. The molecule has 1 heterocycles. The van der Waals surface area contributed by atoms with Gasteiger partial charge in [0.2, 0.25) is 5.91 Å². The van der Waals surface area contributed by atoms with Crippen LogP contribution >= 0.6 is 12.6 Å². The fourth-order valence-corrected chi connectivity index (χ4v) is 1.04. The summed E-state index contributed by atoms with van der Waals surface area (Å²) in [4.78, 5) is 10.6. The van der Waals surface area contributed by atoms with Crippen LogP contribution in [0.4, 0.5) is 0 Å². The highest BCUT2D eigenvalue weighted by Crippen LogP contribution is 2.00. The molecule has 9 heavy (non-hydrogen) atoms. The maximum absolute atomic E-state index is 10.6. The Labute approximate surface area is 58.6 Å². The van der Waals surface area contributed by atoms with Crippen molar-refractivity contribution in [3.05, 3.63) is 0 Å². The van der Waals surface area contributed by atoms with Gasteiger partial charge in [0.1, 0.15) is 6.29 Å². The van der Waals surface area contributed by atoms with Crippen LogP contribution in [-0.2, 0) is 4.79 Å². The molecule has 0 spiro atoms. The largest absolute Gasteiger partial charge is 0.328 e. The number of carbonyl (C=O) groups excluding carboxylic acids is 1. The standard InChI is InChI=1S/C4H9N3OS/c5-4-6-2(8)1-3(9)7-4/h3-4,7,9H,1,5H2,(H,6,8). The highest BCUT2D eigenvalue weighted by atomic mass is 32.1. The van der Waals surface area contributed by atoms with Gasteiger partial charge in [0.05, 0.1) is 11.8 Å². The van der Waals surface area contributed by atoms with E-state index in [1.54, 1.807) is 0 Å². The van der Waals surface area contributed by atoms with Gasteiger partial charge in [-0.3, -0.25) is 15.8 Å². The summed E-state index contributed by atoms with van der Waals surface area (Å²) in [5.41, 5.74) is 5.32. The molecule has 1 aliphatic heterocycles. The number of carbonyl (C=O) groups is 1. The van der Waals surface area contributed by atoms with E-state index in [1.807, 2.05) is 0 Å². The number of amides is 1. The van der Waals surface area contributed by atoms with Crippen molar-refractivity contribution in [2.24, 2.45) is 5.73 Å². The number of hydrogen-bond acceptors (Lipinski definition) is 4. The summed E-state index contributed by atoms with van der Waals surface area (Å²) in [6.45, 7) is 0. The Kier molecular flexibility index (Phi) is 1.94. The Bertz CT molecular complexity index is 117. The van der Waals surface area contributed by atoms with E-state index in [-0.39, 0.29) is 11.3 Å². The van der Waals surface area contributed by atoms with Gasteiger partial charge in [0.15, 0.2) is 0 Å². The number of nitrogens with two attached hydrogens (primary N) is 1. The molecule has 0 aliphatic carbocycles. The molecular weight excluding hydrogens is 138 g/mol. The first-order valence-corrected chi connectivity index (χ1v) is 3.19. The third-order valence-electron chi connectivity index (χ3n) is 1.07. The van der Waals surface area contributed by atoms with Crippen molar-refractivity contribution in [2.45, 2.75) is 18.1 Å². The van der Waals surface area contributed by atoms with Crippen LogP contribution in [0.25, 0.3) is 0 Å². The Hall–Kier alpha value is -0.260. The highest BCUT2D eigenvalue weighted by Gasteiger charge is 2.19. The van der Waals surface area contributed by atoms with E-state index < -0.39 is 6.29 Å². The molecule has 1 aliphatic rings. The highest BCUT2D eigenvalue weighted by molar-refractivity contribution is 7.80. The molecule has 0 aromatic carbocycles. The molecule has 5 heteroatoms. The minimum Gasteiger partial charge on any atom is -0.328 e. The molecule has 4 nitrogen and oxygen atoms in total. The number of rotatable bonds is 0. The smallest absolute Gasteiger partial charge is 0.224 e. The van der Waals surface area contributed by atoms with Crippen molar-refractivity contribution in [1.82, 2.24) is 10.6 Å². The van der Waals surface area contributed by atoms with Crippen molar-refractivity contribution < 1.29 is 4.79 Å². The summed E-state index contributed by atoms with van der Waals surface area (Å²) in [6, 6.07) is 0. The van der Waals surface area contributed by atoms with E-state index in [1.165, 1.54) is 0 Å². The molecule has 52 valence electrons. The Morgan fingerprint density at radius 1 is 1.78 bits per heavy atom. The van der Waals surface area contributed by atoms with Gasteiger partial charge in [-0.1, -0.05) is 0 Å². The van der Waals surface area contributed by atoms with E-state index in [2.05, 4.69) is 23.3 Å². The average molecular weight is 147 g/mol. The summed E-state index contributed by atoms with van der Waals surface area (Å²) in [5, 5.41) is 5.21. The van der Waals surface area contributed by atoms with E-state index in [4.69, 9.17) is 5.73 Å². The molecule has 1 rings (SSSR count). The van der Waals surface area contributed by atoms with Crippen LogP contribution in [0.5, 0.6) is 0 Å². The van der Waals surface area contributed by atoms with Crippen molar-refractivity contribution >= 4 is 18.5 Å². The second-order valence-corrected chi connectivity index (χ2v) is 2.56. The van der Waals surface area contributed by atoms with Gasteiger partial charge in [0.25, 0.3) is 0 Å². The predicted octanol–water partition coefficient (Wildman–Crippen LogP) is -1.41. The van der Waals surface area contributed by atoms with Gasteiger partial charge in [-0.25, -0.2) is 0 Å². The lowest BCUT2D eigenvalue weighted by molar-refractivity contribution is -0.123. The maximum atomic E-state index is 10.6. The summed E-state index contributed by atoms with van der Waals surface area (Å²) >= 11 is 4.03. The molecule has 0 bridgehead atoms. The fourth-order valence-electron chi connectivity index (χ4n) is 0.716. The molecule has 2 atom stereocenters. The zero-order valence-corrected chi connectivity index (χ0v) is 5.69. The van der Waals surface area contributed by atoms with Crippen LogP contribution in [-0.4, -0.2) is 17.6 Å². The molecule has 1 fully saturated rings. The van der Waals surface area contributed by atoms with E-state index in [0.29, 0.717) is 6.42 Å². The molecule has 2 unspecified atom stereocenters. The summed E-state index contributed by atoms with van der Waals surface area (Å²) in [7, 11) is 0. The first-order valence-electron chi connectivity index (χ1n) is 2.67. The van der Waals surface area contributed by atoms with Crippen LogP contribution in [0.1, 0.15) is 6.42 Å². The molecular formula is C4H9N3OS. The van der Waals surface area contributed by atoms with Crippen molar-refractivity contribution in [2.75, 3.05) is 0 Å². The SMILES string of the molecule is NC1NC(=O)CC(S)N1. The van der Waals surface area contributed by atoms with Crippen LogP contribution in [0.2, 0.25) is 0 Å². The summed E-state index contributed by atoms with van der Waals surface area (Å²) in [6.07, 6.45) is -0.0506. The van der Waals surface area contributed by atoms with Crippen molar-refractivity contribution in [3.63, 3.8) is 0 Å². The number of nitrogens with one attached hydrogen (secondary N) is 2. The first kappa shape index (κ1) is 6.85. The lowest BCUT2D eigenvalue weighted by Crippen LogP contribution is -2.59. The minimum atomic E-state index is -0.436. The third-order valence-corrected chi connectivity index (χ3v) is 1.40. The summed E-state index contributed by atoms with van der Waals surface area (Å²) < 4.78 is 0. The van der Waals surface area contributed by atoms with Gasteiger partial charge >= 0.3 is 0 Å². The normalized spacial score (nSPS) is 36.0. The quantitative estimate of drug-likeness (QED) is 0.318. The van der Waals surface area contributed by atoms with Crippen LogP contribution < -0.4 is 16.4 Å². The monoisotopic (exact) mass is 147 g/mol. The van der Waals surface area contributed by atoms with E-state index in [0.717, 1.165) is 0 Å². The van der Waals surface area contributed by atoms with E-state index in [9.17, 15) is 4.79 Å². The maximum Gasteiger partial charge on any atom is 0.224 e. The topological polar surface area (TPSA) is 67.1 Å². The molecule has 0 aromatic rings. The average Bonchev–Trinajstić information content (AvgIpc) is 1.59. The van der Waals surface area contributed by atoms with Gasteiger partial charge in [0, 0.05) is 0 Å². The zero-order valence-electron chi connectivity index (χ0n) is 4.79.